The highest BCUT2D eigenvalue weighted by Gasteiger charge is 2.33. The second kappa shape index (κ2) is 13.7. The van der Waals surface area contributed by atoms with Crippen molar-refractivity contribution < 1.29 is 43.4 Å². The molecular formula is C24H33NO10. The van der Waals surface area contributed by atoms with E-state index in [-0.39, 0.29) is 36.3 Å². The molecule has 1 aromatic rings. The first-order chi connectivity index (χ1) is 16.6. The van der Waals surface area contributed by atoms with Crippen molar-refractivity contribution in [1.82, 2.24) is 0 Å². The molecule has 11 nitrogen and oxygen atoms in total. The van der Waals surface area contributed by atoms with E-state index in [9.17, 15) is 24.5 Å². The summed E-state index contributed by atoms with van der Waals surface area (Å²) in [5.41, 5.74) is 0.279. The summed E-state index contributed by atoms with van der Waals surface area (Å²) in [6, 6.07) is 5.40. The Labute approximate surface area is 203 Å². The van der Waals surface area contributed by atoms with E-state index in [4.69, 9.17) is 19.3 Å². The average molecular weight is 496 g/mol. The summed E-state index contributed by atoms with van der Waals surface area (Å²) >= 11 is 0. The van der Waals surface area contributed by atoms with Crippen LogP contribution in [-0.2, 0) is 28.5 Å². The van der Waals surface area contributed by atoms with Gasteiger partial charge in [-0.05, 0) is 44.7 Å². The number of carbonyl (C=O) groups excluding carboxylic acids is 2. The Balaban J connectivity index is 0.000000251. The summed E-state index contributed by atoms with van der Waals surface area (Å²) < 4.78 is 20.6. The van der Waals surface area contributed by atoms with E-state index in [2.05, 4.69) is 4.74 Å². The number of nitro groups is 1. The predicted molar refractivity (Wildman–Crippen MR) is 123 cm³/mol. The molecule has 1 unspecified atom stereocenters. The Hall–Kier alpha value is -3.05. The van der Waals surface area contributed by atoms with Crippen LogP contribution in [0, 0.1) is 22.0 Å². The number of hydrogen-bond donors (Lipinski definition) is 1. The number of carbonyl (C=O) groups is 3. The summed E-state index contributed by atoms with van der Waals surface area (Å²) in [5.74, 6) is -2.50. The van der Waals surface area contributed by atoms with Gasteiger partial charge in [0.25, 0.3) is 5.69 Å². The molecule has 0 spiro atoms. The molecular weight excluding hydrogens is 462 g/mol. The molecule has 0 aromatic heterocycles. The molecule has 35 heavy (non-hydrogen) atoms. The van der Waals surface area contributed by atoms with Gasteiger partial charge in [0.1, 0.15) is 6.10 Å². The van der Waals surface area contributed by atoms with Crippen molar-refractivity contribution in [1.29, 1.82) is 0 Å². The number of rotatable bonds is 7. The number of carboxylic acid groups (broad SMARTS) is 1. The standard InChI is InChI=1S/C13H15NO5.C11H18O5/c1-9-8-12(6-7-18-9)19-13(15)10-2-4-11(5-3-10)14(16)17;1-7-5-8(3-4-16-7)9(11(13)14)6-10(12)15-2/h2-5,9,12H,6-8H2,1H3;7-9H,3-6H2,1-2H3,(H,13,14)/t9-,12+;7-,8-,9?/m00/s1. The number of non-ortho nitro benzene ring substituents is 1. The molecule has 194 valence electrons. The molecule has 0 radical (unpaired) electrons. The highest BCUT2D eigenvalue weighted by Crippen LogP contribution is 2.29. The molecule has 1 aromatic carbocycles. The quantitative estimate of drug-likeness (QED) is 0.338. The van der Waals surface area contributed by atoms with E-state index < -0.39 is 28.7 Å². The Morgan fingerprint density at radius 3 is 2.20 bits per heavy atom. The van der Waals surface area contributed by atoms with Gasteiger partial charge in [-0.1, -0.05) is 0 Å². The summed E-state index contributed by atoms with van der Waals surface area (Å²) in [4.78, 5) is 44.1. The maximum Gasteiger partial charge on any atom is 0.338 e. The lowest BCUT2D eigenvalue weighted by Gasteiger charge is -2.30. The number of ether oxygens (including phenoxy) is 4. The minimum atomic E-state index is -0.926. The van der Waals surface area contributed by atoms with Gasteiger partial charge in [-0.15, -0.1) is 0 Å². The van der Waals surface area contributed by atoms with Crippen molar-refractivity contribution in [3.8, 4) is 0 Å². The number of esters is 2. The van der Waals surface area contributed by atoms with Crippen LogP contribution in [0.25, 0.3) is 0 Å². The highest BCUT2D eigenvalue weighted by atomic mass is 16.6. The third kappa shape index (κ3) is 9.25. The first kappa shape index (κ1) is 28.2. The highest BCUT2D eigenvalue weighted by molar-refractivity contribution is 5.89. The summed E-state index contributed by atoms with van der Waals surface area (Å²) in [7, 11) is 1.27. The molecule has 0 amide bonds. The van der Waals surface area contributed by atoms with Crippen LogP contribution in [0.1, 0.15) is 56.3 Å². The monoisotopic (exact) mass is 495 g/mol. The van der Waals surface area contributed by atoms with Gasteiger partial charge in [-0.25, -0.2) is 4.79 Å². The first-order valence-corrected chi connectivity index (χ1v) is 11.6. The van der Waals surface area contributed by atoms with Crippen molar-refractivity contribution >= 4 is 23.6 Å². The molecule has 1 N–H and O–H groups in total. The van der Waals surface area contributed by atoms with E-state index in [0.29, 0.717) is 44.5 Å². The van der Waals surface area contributed by atoms with Crippen molar-refractivity contribution in [2.75, 3.05) is 20.3 Å². The number of methoxy groups -OCH3 is 1. The molecule has 0 aliphatic carbocycles. The van der Waals surface area contributed by atoms with Gasteiger partial charge in [0, 0.05) is 31.6 Å². The van der Waals surface area contributed by atoms with Gasteiger partial charge >= 0.3 is 17.9 Å². The molecule has 2 aliphatic heterocycles. The van der Waals surface area contributed by atoms with Crippen molar-refractivity contribution in [3.05, 3.63) is 39.9 Å². The zero-order valence-corrected chi connectivity index (χ0v) is 20.2. The summed E-state index contributed by atoms with van der Waals surface area (Å²) in [6.07, 6.45) is 2.70. The Bertz CT molecular complexity index is 872. The third-order valence-electron chi connectivity index (χ3n) is 6.05. The van der Waals surface area contributed by atoms with Crippen LogP contribution >= 0.6 is 0 Å². The van der Waals surface area contributed by atoms with E-state index in [1.165, 1.54) is 31.4 Å². The van der Waals surface area contributed by atoms with Crippen LogP contribution < -0.4 is 0 Å². The minimum absolute atomic E-state index is 0.000324. The second-order valence-corrected chi connectivity index (χ2v) is 8.73. The van der Waals surface area contributed by atoms with Crippen molar-refractivity contribution in [3.63, 3.8) is 0 Å². The molecule has 2 saturated heterocycles. The lowest BCUT2D eigenvalue weighted by Crippen LogP contribution is -2.33. The van der Waals surface area contributed by atoms with Crippen molar-refractivity contribution in [2.24, 2.45) is 11.8 Å². The molecule has 3 rings (SSSR count). The summed E-state index contributed by atoms with van der Waals surface area (Å²) in [6.45, 7) is 5.01. The molecule has 2 aliphatic rings. The smallest absolute Gasteiger partial charge is 0.338 e. The second-order valence-electron chi connectivity index (χ2n) is 8.73. The number of nitrogens with zero attached hydrogens (tertiary/aromatic N) is 1. The number of aliphatic carboxylic acids is 1. The predicted octanol–water partition coefficient (Wildman–Crippen LogP) is 3.38. The van der Waals surface area contributed by atoms with Gasteiger partial charge in [-0.3, -0.25) is 19.7 Å². The van der Waals surface area contributed by atoms with Gasteiger partial charge < -0.3 is 24.1 Å². The third-order valence-corrected chi connectivity index (χ3v) is 6.05. The number of nitro benzene ring substituents is 1. The molecule has 2 heterocycles. The van der Waals surface area contributed by atoms with Gasteiger partial charge in [0.2, 0.25) is 0 Å². The van der Waals surface area contributed by atoms with Crippen LogP contribution in [0.15, 0.2) is 24.3 Å². The van der Waals surface area contributed by atoms with Crippen LogP contribution in [-0.4, -0.2) is 66.6 Å². The zero-order chi connectivity index (χ0) is 26.0. The average Bonchev–Trinajstić information content (AvgIpc) is 2.82. The van der Waals surface area contributed by atoms with Crippen LogP contribution in [0.4, 0.5) is 5.69 Å². The van der Waals surface area contributed by atoms with Gasteiger partial charge in [-0.2, -0.15) is 0 Å². The van der Waals surface area contributed by atoms with Crippen LogP contribution in [0.3, 0.4) is 0 Å². The van der Waals surface area contributed by atoms with E-state index in [0.717, 1.165) is 0 Å². The Morgan fingerprint density at radius 2 is 1.69 bits per heavy atom. The molecule has 5 atom stereocenters. The summed E-state index contributed by atoms with van der Waals surface area (Å²) in [5, 5.41) is 19.6. The largest absolute Gasteiger partial charge is 0.481 e. The van der Waals surface area contributed by atoms with E-state index in [1.807, 2.05) is 13.8 Å². The lowest BCUT2D eigenvalue weighted by atomic mass is 9.82. The van der Waals surface area contributed by atoms with Gasteiger partial charge in [0.05, 0.1) is 48.8 Å². The Morgan fingerprint density at radius 1 is 1.09 bits per heavy atom. The topological polar surface area (TPSA) is 152 Å². The molecule has 11 heteroatoms. The maximum atomic E-state index is 11.9. The normalized spacial score (nSPS) is 24.8. The number of hydrogen-bond acceptors (Lipinski definition) is 9. The molecule has 0 bridgehead atoms. The minimum Gasteiger partial charge on any atom is -0.481 e. The molecule has 2 fully saturated rings. The number of carboxylic acids is 1. The zero-order valence-electron chi connectivity index (χ0n) is 20.2. The van der Waals surface area contributed by atoms with E-state index >= 15 is 0 Å². The fraction of sp³-hybridized carbons (Fsp3) is 0.625. The van der Waals surface area contributed by atoms with Crippen LogP contribution in [0.5, 0.6) is 0 Å². The first-order valence-electron chi connectivity index (χ1n) is 11.6. The molecule has 0 saturated carbocycles. The fourth-order valence-corrected chi connectivity index (χ4v) is 4.12. The van der Waals surface area contributed by atoms with E-state index in [1.54, 1.807) is 0 Å². The number of benzene rings is 1. The fourth-order valence-electron chi connectivity index (χ4n) is 4.12. The lowest BCUT2D eigenvalue weighted by molar-refractivity contribution is -0.384. The Kier molecular flexibility index (Phi) is 11.1. The maximum absolute atomic E-state index is 11.9. The van der Waals surface area contributed by atoms with Crippen molar-refractivity contribution in [2.45, 2.75) is 64.3 Å². The van der Waals surface area contributed by atoms with Gasteiger partial charge in [0.15, 0.2) is 0 Å². The van der Waals surface area contributed by atoms with Crippen LogP contribution in [0.2, 0.25) is 0 Å². The SMILES string of the molecule is COC(=O)CC(C(=O)O)[C@H]1CCO[C@@H](C)C1.C[C@H]1C[C@H](OC(=O)c2ccc([N+](=O)[O-])cc2)CCO1.